The van der Waals surface area contributed by atoms with E-state index in [2.05, 4.69) is 20.4 Å². The molecule has 0 spiro atoms. The van der Waals surface area contributed by atoms with Gasteiger partial charge < -0.3 is 14.8 Å². The monoisotopic (exact) mass is 206 g/mol. The van der Waals surface area contributed by atoms with Crippen molar-refractivity contribution in [2.75, 3.05) is 0 Å². The Morgan fingerprint density at radius 3 is 2.87 bits per heavy atom. The molecular formula is C10H14N4O. The Labute approximate surface area is 87.9 Å². The average Bonchev–Trinajstić information content (AvgIpc) is 2.77. The van der Waals surface area contributed by atoms with Gasteiger partial charge in [-0.25, -0.2) is 4.98 Å². The zero-order chi connectivity index (χ0) is 10.7. The molecule has 0 aliphatic heterocycles. The molecule has 0 aliphatic carbocycles. The Hall–Kier alpha value is -1.62. The van der Waals surface area contributed by atoms with Gasteiger partial charge in [0.1, 0.15) is 5.76 Å². The second-order valence-corrected chi connectivity index (χ2v) is 3.51. The molecule has 0 saturated heterocycles. The van der Waals surface area contributed by atoms with E-state index in [4.69, 9.17) is 4.52 Å². The van der Waals surface area contributed by atoms with Gasteiger partial charge in [0.25, 0.3) is 0 Å². The lowest BCUT2D eigenvalue weighted by atomic mass is 10.3. The molecule has 2 N–H and O–H groups in total. The molecule has 0 unspecified atom stereocenters. The summed E-state index contributed by atoms with van der Waals surface area (Å²) in [6, 6.07) is 1.92. The number of aromatic nitrogens is 3. The van der Waals surface area contributed by atoms with E-state index < -0.39 is 0 Å². The molecule has 0 radical (unpaired) electrons. The normalized spacial score (nSPS) is 10.8. The molecule has 0 fully saturated rings. The van der Waals surface area contributed by atoms with E-state index in [0.717, 1.165) is 29.4 Å². The van der Waals surface area contributed by atoms with Crippen molar-refractivity contribution in [3.63, 3.8) is 0 Å². The van der Waals surface area contributed by atoms with Gasteiger partial charge in [0, 0.05) is 24.8 Å². The Morgan fingerprint density at radius 1 is 1.40 bits per heavy atom. The van der Waals surface area contributed by atoms with Gasteiger partial charge in [0.15, 0.2) is 0 Å². The van der Waals surface area contributed by atoms with Crippen molar-refractivity contribution in [1.29, 1.82) is 0 Å². The van der Waals surface area contributed by atoms with Crippen LogP contribution < -0.4 is 5.32 Å². The first-order valence-electron chi connectivity index (χ1n) is 4.87. The first kappa shape index (κ1) is 9.92. The van der Waals surface area contributed by atoms with Crippen molar-refractivity contribution in [1.82, 2.24) is 20.4 Å². The maximum absolute atomic E-state index is 4.96. The third-order valence-electron chi connectivity index (χ3n) is 2.21. The predicted molar refractivity (Wildman–Crippen MR) is 55.1 cm³/mol. The molecule has 0 atom stereocenters. The van der Waals surface area contributed by atoms with Gasteiger partial charge in [-0.05, 0) is 13.8 Å². The summed E-state index contributed by atoms with van der Waals surface area (Å²) in [5.41, 5.74) is 3.05. The van der Waals surface area contributed by atoms with E-state index in [0.29, 0.717) is 6.54 Å². The van der Waals surface area contributed by atoms with Crippen LogP contribution in [0.2, 0.25) is 0 Å². The number of imidazole rings is 1. The molecule has 5 nitrogen and oxygen atoms in total. The molecule has 80 valence electrons. The molecule has 2 heterocycles. The number of nitrogens with one attached hydrogen (secondary N) is 2. The fraction of sp³-hybridized carbons (Fsp3) is 0.400. The fourth-order valence-corrected chi connectivity index (χ4v) is 1.38. The highest BCUT2D eigenvalue weighted by Crippen LogP contribution is 2.02. The second-order valence-electron chi connectivity index (χ2n) is 3.51. The maximum Gasteiger partial charge on any atom is 0.133 e. The van der Waals surface area contributed by atoms with Crippen LogP contribution in [0.3, 0.4) is 0 Å². The summed E-state index contributed by atoms with van der Waals surface area (Å²) in [6.07, 6.45) is 1.70. The highest BCUT2D eigenvalue weighted by atomic mass is 16.5. The summed E-state index contributed by atoms with van der Waals surface area (Å²) in [5.74, 6) is 0.836. The number of rotatable bonds is 4. The zero-order valence-corrected chi connectivity index (χ0v) is 8.87. The minimum absolute atomic E-state index is 0.698. The van der Waals surface area contributed by atoms with Crippen LogP contribution in [-0.2, 0) is 13.1 Å². The lowest BCUT2D eigenvalue weighted by Gasteiger charge is -1.99. The molecule has 0 aliphatic rings. The van der Waals surface area contributed by atoms with Crippen LogP contribution >= 0.6 is 0 Å². The van der Waals surface area contributed by atoms with Crippen molar-refractivity contribution in [3.05, 3.63) is 35.2 Å². The quantitative estimate of drug-likeness (QED) is 0.791. The van der Waals surface area contributed by atoms with Gasteiger partial charge in [0.2, 0.25) is 0 Å². The summed E-state index contributed by atoms with van der Waals surface area (Å²) in [6.45, 7) is 5.32. The van der Waals surface area contributed by atoms with Gasteiger partial charge in [-0.1, -0.05) is 5.16 Å². The zero-order valence-electron chi connectivity index (χ0n) is 8.87. The fourth-order valence-electron chi connectivity index (χ4n) is 1.38. The van der Waals surface area contributed by atoms with E-state index in [9.17, 15) is 0 Å². The van der Waals surface area contributed by atoms with E-state index in [1.165, 1.54) is 0 Å². The molecular weight excluding hydrogens is 192 g/mol. The molecule has 0 saturated carbocycles. The summed E-state index contributed by atoms with van der Waals surface area (Å²) in [5, 5.41) is 7.14. The van der Waals surface area contributed by atoms with Crippen molar-refractivity contribution >= 4 is 0 Å². The summed E-state index contributed by atoms with van der Waals surface area (Å²) < 4.78 is 4.96. The van der Waals surface area contributed by atoms with Crippen molar-refractivity contribution in [3.8, 4) is 0 Å². The van der Waals surface area contributed by atoms with E-state index in [1.807, 2.05) is 19.9 Å². The third-order valence-corrected chi connectivity index (χ3v) is 2.21. The van der Waals surface area contributed by atoms with Crippen LogP contribution in [0.5, 0.6) is 0 Å². The minimum Gasteiger partial charge on any atom is -0.361 e. The first-order valence-corrected chi connectivity index (χ1v) is 4.87. The van der Waals surface area contributed by atoms with Crippen LogP contribution in [0.1, 0.15) is 22.8 Å². The number of aromatic amines is 1. The van der Waals surface area contributed by atoms with Crippen LogP contribution in [0, 0.1) is 13.8 Å². The second kappa shape index (κ2) is 4.27. The molecule has 15 heavy (non-hydrogen) atoms. The smallest absolute Gasteiger partial charge is 0.133 e. The molecule has 0 amide bonds. The predicted octanol–water partition coefficient (Wildman–Crippen LogP) is 1.30. The Morgan fingerprint density at radius 2 is 2.27 bits per heavy atom. The van der Waals surface area contributed by atoms with Gasteiger partial charge in [-0.15, -0.1) is 0 Å². The van der Waals surface area contributed by atoms with Crippen LogP contribution in [-0.4, -0.2) is 15.1 Å². The number of nitrogens with zero attached hydrogens (tertiary/aromatic N) is 2. The number of hydrogen-bond donors (Lipinski definition) is 2. The maximum atomic E-state index is 4.96. The van der Waals surface area contributed by atoms with Crippen LogP contribution in [0.15, 0.2) is 16.9 Å². The average molecular weight is 206 g/mol. The lowest BCUT2D eigenvalue weighted by Crippen LogP contribution is -2.13. The Kier molecular flexibility index (Phi) is 2.82. The Bertz CT molecular complexity index is 432. The van der Waals surface area contributed by atoms with E-state index in [1.54, 1.807) is 6.33 Å². The van der Waals surface area contributed by atoms with Gasteiger partial charge in [-0.2, -0.15) is 0 Å². The Balaban J connectivity index is 1.83. The van der Waals surface area contributed by atoms with Crippen molar-refractivity contribution in [2.24, 2.45) is 0 Å². The van der Waals surface area contributed by atoms with Gasteiger partial charge in [0.05, 0.1) is 17.7 Å². The van der Waals surface area contributed by atoms with E-state index in [-0.39, 0.29) is 0 Å². The highest BCUT2D eigenvalue weighted by Gasteiger charge is 2.02. The number of aryl methyl sites for hydroxylation is 2. The van der Waals surface area contributed by atoms with Crippen LogP contribution in [0.25, 0.3) is 0 Å². The lowest BCUT2D eigenvalue weighted by molar-refractivity contribution is 0.388. The molecule has 2 rings (SSSR count). The third kappa shape index (κ3) is 2.44. The topological polar surface area (TPSA) is 66.7 Å². The van der Waals surface area contributed by atoms with Crippen molar-refractivity contribution in [2.45, 2.75) is 26.9 Å². The van der Waals surface area contributed by atoms with Gasteiger partial charge in [-0.3, -0.25) is 0 Å². The molecule has 0 bridgehead atoms. The molecule has 2 aromatic rings. The summed E-state index contributed by atoms with van der Waals surface area (Å²) in [7, 11) is 0. The summed E-state index contributed by atoms with van der Waals surface area (Å²) >= 11 is 0. The SMILES string of the molecule is Cc1cc(CNCc2nc[nH]c2C)no1. The molecule has 0 aromatic carbocycles. The number of H-pyrrole nitrogens is 1. The van der Waals surface area contributed by atoms with E-state index >= 15 is 0 Å². The molecule has 2 aromatic heterocycles. The highest BCUT2D eigenvalue weighted by molar-refractivity contribution is 5.08. The molecule has 5 heteroatoms. The first-order chi connectivity index (χ1) is 7.25. The summed E-state index contributed by atoms with van der Waals surface area (Å²) in [4.78, 5) is 7.23. The van der Waals surface area contributed by atoms with Gasteiger partial charge >= 0.3 is 0 Å². The largest absolute Gasteiger partial charge is 0.361 e. The minimum atomic E-state index is 0.698. The van der Waals surface area contributed by atoms with Crippen molar-refractivity contribution < 1.29 is 4.52 Å². The number of hydrogen-bond acceptors (Lipinski definition) is 4. The van der Waals surface area contributed by atoms with Crippen LogP contribution in [0.4, 0.5) is 0 Å². The standard InChI is InChI=1S/C10H14N4O/c1-7-3-9(14-15-7)4-11-5-10-8(2)12-6-13-10/h3,6,11H,4-5H2,1-2H3,(H,12,13).